The molecule has 0 fully saturated rings. The molecule has 2 heterocycles. The number of furan rings is 1. The normalized spacial score (nSPS) is 14.3. The molecule has 1 aliphatic carbocycles. The van der Waals surface area contributed by atoms with Gasteiger partial charge in [-0.05, 0) is 68.9 Å². The summed E-state index contributed by atoms with van der Waals surface area (Å²) in [5.74, 6) is 0.187. The summed E-state index contributed by atoms with van der Waals surface area (Å²) in [7, 11) is 0. The maximum atomic E-state index is 6.61. The van der Waals surface area contributed by atoms with Gasteiger partial charge in [0, 0.05) is 33.2 Å². The average Bonchev–Trinajstić information content (AvgIpc) is 3.73. The maximum absolute atomic E-state index is 6.61. The summed E-state index contributed by atoms with van der Waals surface area (Å²) in [6.45, 7) is 0. The van der Waals surface area contributed by atoms with Gasteiger partial charge in [0.05, 0.1) is 11.0 Å². The van der Waals surface area contributed by atoms with Crippen LogP contribution in [0.4, 0.5) is 0 Å². The van der Waals surface area contributed by atoms with Crippen LogP contribution in [-0.4, -0.2) is 4.57 Å². The number of hydrogen-bond donors (Lipinski definition) is 0. The quantitative estimate of drug-likeness (QED) is 0.210. The molecule has 2 nitrogen and oxygen atoms in total. The smallest absolute Gasteiger partial charge is 0.160 e. The van der Waals surface area contributed by atoms with Crippen molar-refractivity contribution in [2.45, 2.75) is 5.92 Å². The van der Waals surface area contributed by atoms with Crippen LogP contribution in [0.15, 0.2) is 150 Å². The highest BCUT2D eigenvalue weighted by Crippen LogP contribution is 2.51. The monoisotopic (exact) mass is 547 g/mol. The Labute approximate surface area is 248 Å². The lowest BCUT2D eigenvalue weighted by atomic mass is 9.87. The van der Waals surface area contributed by atoms with Crippen LogP contribution in [0.2, 0.25) is 0 Å². The van der Waals surface area contributed by atoms with Crippen LogP contribution in [0.3, 0.4) is 0 Å². The zero-order valence-electron chi connectivity index (χ0n) is 23.3. The summed E-state index contributed by atoms with van der Waals surface area (Å²) >= 11 is 0. The molecule has 200 valence electrons. The first-order valence-electron chi connectivity index (χ1n) is 14.9. The van der Waals surface area contributed by atoms with Crippen LogP contribution >= 0.6 is 0 Å². The molecule has 43 heavy (non-hydrogen) atoms. The molecule has 7 aromatic carbocycles. The van der Waals surface area contributed by atoms with E-state index in [1.807, 2.05) is 6.07 Å². The van der Waals surface area contributed by atoms with Gasteiger partial charge in [0.25, 0.3) is 0 Å². The van der Waals surface area contributed by atoms with Crippen molar-refractivity contribution in [2.75, 3.05) is 0 Å². The number of fused-ring (bicyclic) bond motifs is 12. The van der Waals surface area contributed by atoms with Crippen molar-refractivity contribution in [2.24, 2.45) is 0 Å². The maximum Gasteiger partial charge on any atom is 0.160 e. The van der Waals surface area contributed by atoms with Crippen LogP contribution in [0.25, 0.3) is 71.3 Å². The summed E-state index contributed by atoms with van der Waals surface area (Å²) in [5.41, 5.74) is 12.0. The van der Waals surface area contributed by atoms with E-state index in [1.54, 1.807) is 0 Å². The van der Waals surface area contributed by atoms with Gasteiger partial charge in [-0.25, -0.2) is 0 Å². The summed E-state index contributed by atoms with van der Waals surface area (Å²) in [5, 5.41) is 7.34. The molecule has 1 unspecified atom stereocenters. The van der Waals surface area contributed by atoms with E-state index in [4.69, 9.17) is 4.42 Å². The van der Waals surface area contributed by atoms with Crippen LogP contribution in [-0.2, 0) is 0 Å². The minimum Gasteiger partial charge on any atom is -0.454 e. The van der Waals surface area contributed by atoms with Gasteiger partial charge in [0.15, 0.2) is 5.58 Å². The molecule has 2 heteroatoms. The SMILES string of the molecule is c1ccc(C2c3ccc(-n4c5ccccc5c5ccc6c7ccccc7oc6c54)cc3-c3ccc4ccccc4c32)cc1. The van der Waals surface area contributed by atoms with Crippen molar-refractivity contribution < 1.29 is 4.42 Å². The Morgan fingerprint density at radius 3 is 2.16 bits per heavy atom. The molecule has 0 saturated heterocycles. The molecule has 1 atom stereocenters. The average molecular weight is 548 g/mol. The third-order valence-corrected chi connectivity index (χ3v) is 9.47. The number of para-hydroxylation sites is 2. The van der Waals surface area contributed by atoms with Gasteiger partial charge in [0.1, 0.15) is 5.58 Å². The molecule has 0 amide bonds. The van der Waals surface area contributed by atoms with E-state index in [2.05, 4.69) is 144 Å². The molecule has 0 radical (unpaired) electrons. The minimum atomic E-state index is 0.187. The van der Waals surface area contributed by atoms with Gasteiger partial charge in [-0.3, -0.25) is 0 Å². The topological polar surface area (TPSA) is 18.1 Å². The van der Waals surface area contributed by atoms with Crippen molar-refractivity contribution >= 4 is 54.5 Å². The van der Waals surface area contributed by atoms with Gasteiger partial charge in [-0.1, -0.05) is 115 Å². The number of hydrogen-bond acceptors (Lipinski definition) is 1. The molecule has 2 aromatic heterocycles. The Kier molecular flexibility index (Phi) is 4.53. The summed E-state index contributed by atoms with van der Waals surface area (Å²) in [6, 6.07) is 53.0. The van der Waals surface area contributed by atoms with Crippen molar-refractivity contribution in [3.8, 4) is 16.8 Å². The third-order valence-electron chi connectivity index (χ3n) is 9.47. The first-order valence-corrected chi connectivity index (χ1v) is 14.9. The molecule has 9 aromatic rings. The highest BCUT2D eigenvalue weighted by atomic mass is 16.3. The van der Waals surface area contributed by atoms with E-state index >= 15 is 0 Å². The summed E-state index contributed by atoms with van der Waals surface area (Å²) in [4.78, 5) is 0. The molecule has 10 rings (SSSR count). The standard InChI is InChI=1S/C41H25NO/c1-2-11-26(12-3-1)38-31-21-19-27(24-35(31)32-20-18-25-10-4-5-13-28(25)39(32)38)42-36-16-8-6-14-29(36)33-22-23-34-30-15-7-9-17-37(30)43-41(34)40(33)42/h1-24,38H. The van der Waals surface area contributed by atoms with Crippen molar-refractivity contribution in [1.29, 1.82) is 0 Å². The lowest BCUT2D eigenvalue weighted by Gasteiger charge is -2.17. The molecular weight excluding hydrogens is 522 g/mol. The van der Waals surface area contributed by atoms with E-state index in [9.17, 15) is 0 Å². The van der Waals surface area contributed by atoms with Crippen LogP contribution in [0, 0.1) is 0 Å². The molecule has 0 aliphatic heterocycles. The fourth-order valence-electron chi connectivity index (χ4n) is 7.66. The lowest BCUT2D eigenvalue weighted by molar-refractivity contribution is 0.671. The number of nitrogens with zero attached hydrogens (tertiary/aromatic N) is 1. The zero-order chi connectivity index (χ0) is 28.1. The van der Waals surface area contributed by atoms with Crippen LogP contribution < -0.4 is 0 Å². The Bertz CT molecular complexity index is 2570. The van der Waals surface area contributed by atoms with Crippen molar-refractivity contribution in [3.05, 3.63) is 162 Å². The van der Waals surface area contributed by atoms with E-state index in [1.165, 1.54) is 54.9 Å². The van der Waals surface area contributed by atoms with Gasteiger partial charge < -0.3 is 8.98 Å². The second-order valence-corrected chi connectivity index (χ2v) is 11.7. The van der Waals surface area contributed by atoms with Gasteiger partial charge >= 0.3 is 0 Å². The lowest BCUT2D eigenvalue weighted by Crippen LogP contribution is -2.00. The van der Waals surface area contributed by atoms with E-state index in [0.717, 1.165) is 33.1 Å². The second-order valence-electron chi connectivity index (χ2n) is 11.7. The van der Waals surface area contributed by atoms with E-state index < -0.39 is 0 Å². The van der Waals surface area contributed by atoms with Crippen molar-refractivity contribution in [1.82, 2.24) is 4.57 Å². The predicted molar refractivity (Wildman–Crippen MR) is 178 cm³/mol. The third kappa shape index (κ3) is 3.07. The van der Waals surface area contributed by atoms with E-state index in [0.29, 0.717) is 0 Å². The largest absolute Gasteiger partial charge is 0.454 e. The number of rotatable bonds is 2. The number of benzene rings is 7. The van der Waals surface area contributed by atoms with Gasteiger partial charge in [0.2, 0.25) is 0 Å². The fraction of sp³-hybridized carbons (Fsp3) is 0.0244. The van der Waals surface area contributed by atoms with Gasteiger partial charge in [-0.15, -0.1) is 0 Å². The predicted octanol–water partition coefficient (Wildman–Crippen LogP) is 11.0. The second kappa shape index (κ2) is 8.47. The molecular formula is C41H25NO. The summed E-state index contributed by atoms with van der Waals surface area (Å²) in [6.07, 6.45) is 0. The molecule has 0 N–H and O–H groups in total. The Morgan fingerprint density at radius 1 is 0.512 bits per heavy atom. The highest BCUT2D eigenvalue weighted by molar-refractivity contribution is 6.21. The van der Waals surface area contributed by atoms with Crippen molar-refractivity contribution in [3.63, 3.8) is 0 Å². The fourth-order valence-corrected chi connectivity index (χ4v) is 7.66. The zero-order valence-corrected chi connectivity index (χ0v) is 23.3. The van der Waals surface area contributed by atoms with Crippen LogP contribution in [0.5, 0.6) is 0 Å². The molecule has 0 spiro atoms. The van der Waals surface area contributed by atoms with Crippen LogP contribution in [0.1, 0.15) is 22.6 Å². The van der Waals surface area contributed by atoms with E-state index in [-0.39, 0.29) is 5.92 Å². The first kappa shape index (κ1) is 23.0. The number of aromatic nitrogens is 1. The first-order chi connectivity index (χ1) is 21.3. The molecule has 1 aliphatic rings. The van der Waals surface area contributed by atoms with Gasteiger partial charge in [-0.2, -0.15) is 0 Å². The highest BCUT2D eigenvalue weighted by Gasteiger charge is 2.32. The molecule has 0 saturated carbocycles. The Morgan fingerprint density at radius 2 is 1.26 bits per heavy atom. The minimum absolute atomic E-state index is 0.187. The summed E-state index contributed by atoms with van der Waals surface area (Å²) < 4.78 is 9.02. The Hall–Kier alpha value is -5.60. The molecule has 0 bridgehead atoms. The Balaban J connectivity index is 1.31.